The van der Waals surface area contributed by atoms with E-state index in [-0.39, 0.29) is 35.8 Å². The molecule has 22 heavy (non-hydrogen) atoms. The summed E-state index contributed by atoms with van der Waals surface area (Å²) in [5.41, 5.74) is 0.485. The van der Waals surface area contributed by atoms with Gasteiger partial charge in [0.15, 0.2) is 0 Å². The highest BCUT2D eigenvalue weighted by Crippen LogP contribution is 2.21. The number of aromatic nitrogens is 2. The van der Waals surface area contributed by atoms with Gasteiger partial charge in [-0.3, -0.25) is 9.59 Å². The van der Waals surface area contributed by atoms with Crippen LogP contribution in [0.1, 0.15) is 25.5 Å². The Hall–Kier alpha value is -2.50. The van der Waals surface area contributed by atoms with E-state index in [9.17, 15) is 14.0 Å². The van der Waals surface area contributed by atoms with Crippen molar-refractivity contribution in [2.24, 2.45) is 5.92 Å². The van der Waals surface area contributed by atoms with E-state index < -0.39 is 0 Å². The van der Waals surface area contributed by atoms with Crippen molar-refractivity contribution in [3.05, 3.63) is 64.3 Å². The van der Waals surface area contributed by atoms with Gasteiger partial charge in [-0.25, -0.2) is 9.07 Å². The van der Waals surface area contributed by atoms with Crippen molar-refractivity contribution in [2.75, 3.05) is 0 Å². The summed E-state index contributed by atoms with van der Waals surface area (Å²) in [5, 5.41) is 6.72. The molecule has 116 valence electrons. The van der Waals surface area contributed by atoms with Crippen LogP contribution in [-0.4, -0.2) is 15.7 Å². The second kappa shape index (κ2) is 6.98. The average Bonchev–Trinajstić information content (AvgIpc) is 2.48. The first-order valence-electron chi connectivity index (χ1n) is 7.04. The lowest BCUT2D eigenvalue weighted by molar-refractivity contribution is -0.123. The van der Waals surface area contributed by atoms with Gasteiger partial charge in [0.2, 0.25) is 5.91 Å². The number of hydrogen-bond acceptors (Lipinski definition) is 3. The van der Waals surface area contributed by atoms with Gasteiger partial charge in [-0.15, -0.1) is 0 Å². The molecule has 1 unspecified atom stereocenters. The third-order valence-corrected chi connectivity index (χ3v) is 3.29. The third-order valence-electron chi connectivity index (χ3n) is 3.29. The van der Waals surface area contributed by atoms with Crippen molar-refractivity contribution < 1.29 is 9.18 Å². The van der Waals surface area contributed by atoms with Gasteiger partial charge in [0.1, 0.15) is 12.4 Å². The Morgan fingerprint density at radius 3 is 2.55 bits per heavy atom. The largest absolute Gasteiger partial charge is 0.347 e. The number of benzene rings is 1. The van der Waals surface area contributed by atoms with Crippen LogP contribution in [0.15, 0.2) is 47.4 Å². The van der Waals surface area contributed by atoms with Crippen LogP contribution in [0.25, 0.3) is 0 Å². The molecular weight excluding hydrogens is 285 g/mol. The van der Waals surface area contributed by atoms with Crippen molar-refractivity contribution in [1.82, 2.24) is 15.1 Å². The highest BCUT2D eigenvalue weighted by molar-refractivity contribution is 5.76. The summed E-state index contributed by atoms with van der Waals surface area (Å²) in [5.74, 6) is -0.517. The number of amides is 1. The van der Waals surface area contributed by atoms with Gasteiger partial charge >= 0.3 is 0 Å². The molecule has 5 nitrogen and oxygen atoms in total. The lowest BCUT2D eigenvalue weighted by atomic mass is 9.96. The van der Waals surface area contributed by atoms with E-state index in [0.717, 1.165) is 10.2 Å². The normalized spacial score (nSPS) is 12.2. The average molecular weight is 303 g/mol. The molecule has 0 saturated carbocycles. The summed E-state index contributed by atoms with van der Waals surface area (Å²) in [7, 11) is 0. The van der Waals surface area contributed by atoms with E-state index in [1.54, 1.807) is 12.1 Å². The molecule has 0 aliphatic carbocycles. The number of rotatable bonds is 5. The van der Waals surface area contributed by atoms with Crippen molar-refractivity contribution in [2.45, 2.75) is 26.4 Å². The van der Waals surface area contributed by atoms with Crippen LogP contribution in [0, 0.1) is 11.7 Å². The van der Waals surface area contributed by atoms with E-state index in [2.05, 4.69) is 10.4 Å². The molecule has 0 radical (unpaired) electrons. The lowest BCUT2D eigenvalue weighted by Crippen LogP contribution is -2.37. The maximum absolute atomic E-state index is 13.0. The van der Waals surface area contributed by atoms with Gasteiger partial charge in [-0.1, -0.05) is 26.0 Å². The van der Waals surface area contributed by atoms with Crippen LogP contribution >= 0.6 is 0 Å². The van der Waals surface area contributed by atoms with Crippen molar-refractivity contribution >= 4 is 5.91 Å². The second-order valence-electron chi connectivity index (χ2n) is 5.36. The molecule has 2 rings (SSSR count). The quantitative estimate of drug-likeness (QED) is 0.917. The zero-order valence-corrected chi connectivity index (χ0v) is 12.5. The maximum Gasteiger partial charge on any atom is 0.267 e. The van der Waals surface area contributed by atoms with E-state index in [1.165, 1.54) is 30.5 Å². The molecule has 1 aromatic heterocycles. The van der Waals surface area contributed by atoms with Crippen LogP contribution in [0.4, 0.5) is 4.39 Å². The number of halogens is 1. The Kier molecular flexibility index (Phi) is 5.04. The van der Waals surface area contributed by atoms with Gasteiger partial charge < -0.3 is 5.32 Å². The molecule has 0 bridgehead atoms. The Bertz CT molecular complexity index is 695. The number of carbonyl (C=O) groups is 1. The predicted octanol–water partition coefficient (Wildman–Crippen LogP) is 1.90. The highest BCUT2D eigenvalue weighted by Gasteiger charge is 2.18. The van der Waals surface area contributed by atoms with E-state index >= 15 is 0 Å². The molecule has 1 aromatic carbocycles. The standard InChI is InChI=1S/C16H18FN3O2/c1-11(2)16(12-5-7-13(17)8-6-12)19-14(21)10-20-15(22)4-3-9-18-20/h3-9,11,16H,10H2,1-2H3,(H,19,21). The van der Waals surface area contributed by atoms with Gasteiger partial charge in [0.25, 0.3) is 5.56 Å². The Balaban J connectivity index is 2.11. The first-order chi connectivity index (χ1) is 10.5. The van der Waals surface area contributed by atoms with E-state index in [1.807, 2.05) is 13.8 Å². The van der Waals surface area contributed by atoms with E-state index in [0.29, 0.717) is 0 Å². The molecule has 6 heteroatoms. The summed E-state index contributed by atoms with van der Waals surface area (Å²) in [6.45, 7) is 3.77. The lowest BCUT2D eigenvalue weighted by Gasteiger charge is -2.23. The molecular formula is C16H18FN3O2. The first-order valence-corrected chi connectivity index (χ1v) is 7.04. The minimum Gasteiger partial charge on any atom is -0.347 e. The number of nitrogens with zero attached hydrogens (tertiary/aromatic N) is 2. The molecule has 0 aliphatic rings. The van der Waals surface area contributed by atoms with Gasteiger partial charge in [0, 0.05) is 12.3 Å². The van der Waals surface area contributed by atoms with Gasteiger partial charge in [-0.2, -0.15) is 5.10 Å². The molecule has 0 aliphatic heterocycles. The number of nitrogens with one attached hydrogen (secondary N) is 1. The number of hydrogen-bond donors (Lipinski definition) is 1. The molecule has 1 N–H and O–H groups in total. The second-order valence-corrected chi connectivity index (χ2v) is 5.36. The molecule has 2 aromatic rings. The number of carbonyl (C=O) groups excluding carboxylic acids is 1. The first kappa shape index (κ1) is 15.9. The van der Waals surface area contributed by atoms with Crippen molar-refractivity contribution in [1.29, 1.82) is 0 Å². The Morgan fingerprint density at radius 2 is 1.95 bits per heavy atom. The summed E-state index contributed by atoms with van der Waals surface area (Å²) in [6.07, 6.45) is 1.45. The topological polar surface area (TPSA) is 64.0 Å². The fourth-order valence-electron chi connectivity index (χ4n) is 2.17. The van der Waals surface area contributed by atoms with Crippen LogP contribution < -0.4 is 10.9 Å². The van der Waals surface area contributed by atoms with Crippen LogP contribution in [-0.2, 0) is 11.3 Å². The van der Waals surface area contributed by atoms with Crippen molar-refractivity contribution in [3.63, 3.8) is 0 Å². The molecule has 0 fully saturated rings. The highest BCUT2D eigenvalue weighted by atomic mass is 19.1. The fourth-order valence-corrected chi connectivity index (χ4v) is 2.17. The molecule has 1 atom stereocenters. The summed E-state index contributed by atoms with van der Waals surface area (Å²) < 4.78 is 14.1. The molecule has 0 saturated heterocycles. The molecule has 0 spiro atoms. The maximum atomic E-state index is 13.0. The summed E-state index contributed by atoms with van der Waals surface area (Å²) >= 11 is 0. The fraction of sp³-hybridized carbons (Fsp3) is 0.312. The molecule has 1 heterocycles. The summed E-state index contributed by atoms with van der Waals surface area (Å²) in [6, 6.07) is 8.63. The van der Waals surface area contributed by atoms with Gasteiger partial charge in [0.05, 0.1) is 6.04 Å². The van der Waals surface area contributed by atoms with Gasteiger partial charge in [-0.05, 0) is 29.7 Å². The monoisotopic (exact) mass is 303 g/mol. The van der Waals surface area contributed by atoms with Crippen LogP contribution in [0.5, 0.6) is 0 Å². The van der Waals surface area contributed by atoms with E-state index in [4.69, 9.17) is 0 Å². The Morgan fingerprint density at radius 1 is 1.27 bits per heavy atom. The third kappa shape index (κ3) is 4.00. The minimum absolute atomic E-state index is 0.120. The zero-order chi connectivity index (χ0) is 16.1. The summed E-state index contributed by atoms with van der Waals surface area (Å²) in [4.78, 5) is 23.7. The Labute approximate surface area is 127 Å². The van der Waals surface area contributed by atoms with Crippen LogP contribution in [0.2, 0.25) is 0 Å². The zero-order valence-electron chi connectivity index (χ0n) is 12.5. The smallest absolute Gasteiger partial charge is 0.267 e. The minimum atomic E-state index is -0.333. The van der Waals surface area contributed by atoms with Crippen molar-refractivity contribution in [3.8, 4) is 0 Å². The van der Waals surface area contributed by atoms with Crippen LogP contribution in [0.3, 0.4) is 0 Å². The predicted molar refractivity (Wildman–Crippen MR) is 80.6 cm³/mol. The molecule has 1 amide bonds. The SMILES string of the molecule is CC(C)C(NC(=O)Cn1ncccc1=O)c1ccc(F)cc1.